The lowest BCUT2D eigenvalue weighted by Crippen LogP contribution is -2.03. The Kier molecular flexibility index (Phi) is 2.92. The van der Waals surface area contributed by atoms with Gasteiger partial charge < -0.3 is 5.11 Å². The molecule has 0 fully saturated rings. The highest BCUT2D eigenvalue weighted by atomic mass is 35.5. The highest BCUT2D eigenvalue weighted by molar-refractivity contribution is 6.30. The Morgan fingerprint density at radius 2 is 1.91 bits per heavy atom. The van der Waals surface area contributed by atoms with E-state index in [1.165, 1.54) is 0 Å². The third-order valence-electron chi connectivity index (χ3n) is 1.44. The largest absolute Gasteiger partial charge is 0.393 e. The molecule has 11 heavy (non-hydrogen) atoms. The minimum Gasteiger partial charge on any atom is -0.393 e. The summed E-state index contributed by atoms with van der Waals surface area (Å²) in [6.45, 7) is 1.77. The van der Waals surface area contributed by atoms with Gasteiger partial charge >= 0.3 is 0 Å². The van der Waals surface area contributed by atoms with Crippen LogP contribution >= 0.6 is 11.6 Å². The zero-order chi connectivity index (χ0) is 8.27. The smallest absolute Gasteiger partial charge is 0.0552 e. The molecule has 0 aliphatic rings. The summed E-state index contributed by atoms with van der Waals surface area (Å²) < 4.78 is 0. The van der Waals surface area contributed by atoms with Crippen molar-refractivity contribution < 1.29 is 5.11 Å². The first-order chi connectivity index (χ1) is 5.18. The summed E-state index contributed by atoms with van der Waals surface area (Å²) in [6, 6.07) is 7.52. The Balaban J connectivity index is 2.66. The quantitative estimate of drug-likeness (QED) is 0.722. The molecule has 2 heteroatoms. The summed E-state index contributed by atoms with van der Waals surface area (Å²) in [5.74, 6) is 0. The average molecular weight is 171 g/mol. The van der Waals surface area contributed by atoms with E-state index in [0.717, 1.165) is 10.6 Å². The van der Waals surface area contributed by atoms with Crippen LogP contribution in [0.25, 0.3) is 0 Å². The van der Waals surface area contributed by atoms with Gasteiger partial charge in [-0.2, -0.15) is 0 Å². The van der Waals surface area contributed by atoms with Crippen LogP contribution in [0.5, 0.6) is 0 Å². The molecule has 1 rings (SSSR count). The van der Waals surface area contributed by atoms with Gasteiger partial charge in [0.05, 0.1) is 6.10 Å². The zero-order valence-electron chi connectivity index (χ0n) is 6.42. The molecule has 0 bridgehead atoms. The maximum Gasteiger partial charge on any atom is 0.0552 e. The van der Waals surface area contributed by atoms with Crippen molar-refractivity contribution in [1.29, 1.82) is 0 Å². The number of aliphatic hydroxyl groups excluding tert-OH is 1. The Bertz CT molecular complexity index is 216. The molecular formula is C9H11ClO. The van der Waals surface area contributed by atoms with E-state index in [-0.39, 0.29) is 6.10 Å². The van der Waals surface area contributed by atoms with E-state index >= 15 is 0 Å². The maximum absolute atomic E-state index is 9.04. The van der Waals surface area contributed by atoms with Gasteiger partial charge in [-0.25, -0.2) is 0 Å². The van der Waals surface area contributed by atoms with Crippen LogP contribution in [0.1, 0.15) is 12.5 Å². The van der Waals surface area contributed by atoms with Crippen LogP contribution in [0, 0.1) is 0 Å². The van der Waals surface area contributed by atoms with E-state index in [9.17, 15) is 0 Å². The van der Waals surface area contributed by atoms with Crippen molar-refractivity contribution in [3.8, 4) is 0 Å². The van der Waals surface area contributed by atoms with Gasteiger partial charge in [0.1, 0.15) is 0 Å². The highest BCUT2D eigenvalue weighted by Crippen LogP contribution is 2.10. The van der Waals surface area contributed by atoms with E-state index in [0.29, 0.717) is 6.42 Å². The SMILES string of the molecule is CC(O)Cc1ccc(Cl)cc1. The van der Waals surface area contributed by atoms with Crippen LogP contribution in [0.3, 0.4) is 0 Å². The van der Waals surface area contributed by atoms with Crippen LogP contribution in [0.4, 0.5) is 0 Å². The van der Waals surface area contributed by atoms with Crippen molar-refractivity contribution in [2.24, 2.45) is 0 Å². The summed E-state index contributed by atoms with van der Waals surface area (Å²) in [5.41, 5.74) is 1.12. The van der Waals surface area contributed by atoms with Crippen molar-refractivity contribution in [3.63, 3.8) is 0 Å². The normalized spacial score (nSPS) is 13.0. The Hall–Kier alpha value is -0.530. The molecule has 0 heterocycles. The van der Waals surface area contributed by atoms with Crippen molar-refractivity contribution in [2.75, 3.05) is 0 Å². The predicted molar refractivity (Wildman–Crippen MR) is 46.8 cm³/mol. The van der Waals surface area contributed by atoms with Crippen LogP contribution in [-0.4, -0.2) is 11.2 Å². The fraction of sp³-hybridized carbons (Fsp3) is 0.333. The van der Waals surface area contributed by atoms with E-state index in [2.05, 4.69) is 0 Å². The van der Waals surface area contributed by atoms with Crippen molar-refractivity contribution in [3.05, 3.63) is 34.9 Å². The molecular weight excluding hydrogens is 160 g/mol. The molecule has 0 aliphatic heterocycles. The molecule has 60 valence electrons. The van der Waals surface area contributed by atoms with Crippen LogP contribution < -0.4 is 0 Å². The summed E-state index contributed by atoms with van der Waals surface area (Å²) in [6.07, 6.45) is 0.410. The lowest BCUT2D eigenvalue weighted by atomic mass is 10.1. The van der Waals surface area contributed by atoms with E-state index < -0.39 is 0 Å². The Labute approximate surface area is 71.6 Å². The van der Waals surface area contributed by atoms with E-state index in [4.69, 9.17) is 16.7 Å². The third-order valence-corrected chi connectivity index (χ3v) is 1.70. The van der Waals surface area contributed by atoms with Gasteiger partial charge in [-0.1, -0.05) is 23.7 Å². The standard InChI is InChI=1S/C9H11ClO/c1-7(11)6-8-2-4-9(10)5-3-8/h2-5,7,11H,6H2,1H3. The maximum atomic E-state index is 9.04. The number of halogens is 1. The second kappa shape index (κ2) is 3.74. The first-order valence-electron chi connectivity index (χ1n) is 3.61. The number of hydrogen-bond donors (Lipinski definition) is 1. The van der Waals surface area contributed by atoms with Crippen LogP contribution in [0.15, 0.2) is 24.3 Å². The molecule has 1 aromatic rings. The molecule has 0 amide bonds. The number of hydrogen-bond acceptors (Lipinski definition) is 1. The summed E-state index contributed by atoms with van der Waals surface area (Å²) in [4.78, 5) is 0. The fourth-order valence-corrected chi connectivity index (χ4v) is 1.09. The number of benzene rings is 1. The van der Waals surface area contributed by atoms with Gasteiger partial charge in [0.15, 0.2) is 0 Å². The molecule has 0 radical (unpaired) electrons. The molecule has 0 saturated carbocycles. The topological polar surface area (TPSA) is 20.2 Å². The number of aliphatic hydroxyl groups is 1. The number of rotatable bonds is 2. The summed E-state index contributed by atoms with van der Waals surface area (Å²) in [5, 5.41) is 9.78. The lowest BCUT2D eigenvalue weighted by Gasteiger charge is -2.02. The Morgan fingerprint density at radius 3 is 2.36 bits per heavy atom. The summed E-state index contributed by atoms with van der Waals surface area (Å²) >= 11 is 5.69. The van der Waals surface area contributed by atoms with Crippen molar-refractivity contribution >= 4 is 11.6 Å². The van der Waals surface area contributed by atoms with Crippen molar-refractivity contribution in [1.82, 2.24) is 0 Å². The monoisotopic (exact) mass is 170 g/mol. The van der Waals surface area contributed by atoms with Gasteiger partial charge in [-0.05, 0) is 31.0 Å². The first-order valence-corrected chi connectivity index (χ1v) is 3.99. The third kappa shape index (κ3) is 2.91. The van der Waals surface area contributed by atoms with E-state index in [1.54, 1.807) is 6.92 Å². The molecule has 1 aromatic carbocycles. The second-order valence-electron chi connectivity index (χ2n) is 2.68. The van der Waals surface area contributed by atoms with E-state index in [1.807, 2.05) is 24.3 Å². The molecule has 1 unspecified atom stereocenters. The van der Waals surface area contributed by atoms with Gasteiger partial charge in [-0.3, -0.25) is 0 Å². The molecule has 0 saturated heterocycles. The molecule has 1 atom stereocenters. The second-order valence-corrected chi connectivity index (χ2v) is 3.12. The van der Waals surface area contributed by atoms with Gasteiger partial charge in [-0.15, -0.1) is 0 Å². The van der Waals surface area contributed by atoms with Gasteiger partial charge in [0.2, 0.25) is 0 Å². The lowest BCUT2D eigenvalue weighted by molar-refractivity contribution is 0.195. The van der Waals surface area contributed by atoms with Gasteiger partial charge in [0.25, 0.3) is 0 Å². The molecule has 1 nitrogen and oxygen atoms in total. The fourth-order valence-electron chi connectivity index (χ4n) is 0.962. The predicted octanol–water partition coefficient (Wildman–Crippen LogP) is 2.26. The molecule has 1 N–H and O–H groups in total. The minimum atomic E-state index is -0.281. The van der Waals surface area contributed by atoms with Crippen LogP contribution in [-0.2, 0) is 6.42 Å². The first kappa shape index (κ1) is 8.57. The highest BCUT2D eigenvalue weighted by Gasteiger charge is 1.97. The zero-order valence-corrected chi connectivity index (χ0v) is 7.17. The van der Waals surface area contributed by atoms with Crippen molar-refractivity contribution in [2.45, 2.75) is 19.4 Å². The Morgan fingerprint density at radius 1 is 1.36 bits per heavy atom. The molecule has 0 aliphatic carbocycles. The minimum absolute atomic E-state index is 0.281. The molecule has 0 aromatic heterocycles. The summed E-state index contributed by atoms with van der Waals surface area (Å²) in [7, 11) is 0. The average Bonchev–Trinajstić information content (AvgIpc) is 1.93. The molecule has 0 spiro atoms. The van der Waals surface area contributed by atoms with Crippen LogP contribution in [0.2, 0.25) is 5.02 Å². The van der Waals surface area contributed by atoms with Gasteiger partial charge in [0, 0.05) is 5.02 Å².